The highest BCUT2D eigenvalue weighted by atomic mass is 19.4. The zero-order valence-electron chi connectivity index (χ0n) is 14.1. The first kappa shape index (κ1) is 18.7. The van der Waals surface area contributed by atoms with Gasteiger partial charge in [0.25, 0.3) is 5.91 Å². The summed E-state index contributed by atoms with van der Waals surface area (Å²) in [6.45, 7) is 2.90. The molecular formula is C17H21F3N4O2. The predicted molar refractivity (Wildman–Crippen MR) is 89.7 cm³/mol. The van der Waals surface area contributed by atoms with Crippen molar-refractivity contribution >= 4 is 16.9 Å². The van der Waals surface area contributed by atoms with Crippen LogP contribution in [0.3, 0.4) is 0 Å². The number of aromatic amines is 1. The number of amides is 1. The molecule has 0 radical (unpaired) electrons. The first-order chi connectivity index (χ1) is 12.3. The van der Waals surface area contributed by atoms with E-state index < -0.39 is 17.9 Å². The van der Waals surface area contributed by atoms with Gasteiger partial charge in [-0.15, -0.1) is 0 Å². The van der Waals surface area contributed by atoms with Gasteiger partial charge in [-0.2, -0.15) is 13.2 Å². The summed E-state index contributed by atoms with van der Waals surface area (Å²) in [5.74, 6) is -1.55. The van der Waals surface area contributed by atoms with Crippen LogP contribution in [0, 0.1) is 0 Å². The maximum absolute atomic E-state index is 12.8. The molecule has 0 aliphatic carbocycles. The first-order valence-electron chi connectivity index (χ1n) is 8.59. The topological polar surface area (TPSA) is 81.3 Å². The Balaban J connectivity index is 1.57. The molecule has 1 fully saturated rings. The number of aliphatic hydroxyl groups is 1. The molecule has 0 atom stereocenters. The van der Waals surface area contributed by atoms with Gasteiger partial charge in [0.15, 0.2) is 0 Å². The van der Waals surface area contributed by atoms with Crippen molar-refractivity contribution in [2.24, 2.45) is 0 Å². The molecule has 1 aliphatic rings. The number of piperidine rings is 1. The van der Waals surface area contributed by atoms with Gasteiger partial charge in [-0.3, -0.25) is 4.79 Å². The number of hydrogen-bond acceptors (Lipinski definition) is 4. The smallest absolute Gasteiger partial charge is 0.393 e. The van der Waals surface area contributed by atoms with Crippen molar-refractivity contribution in [3.63, 3.8) is 0 Å². The molecule has 1 aliphatic heterocycles. The van der Waals surface area contributed by atoms with Crippen LogP contribution in [0.5, 0.6) is 0 Å². The van der Waals surface area contributed by atoms with Crippen LogP contribution in [0.2, 0.25) is 0 Å². The maximum atomic E-state index is 12.8. The second-order valence-corrected chi connectivity index (χ2v) is 6.47. The number of nitrogens with zero attached hydrogens (tertiary/aromatic N) is 2. The molecular weight excluding hydrogens is 349 g/mol. The van der Waals surface area contributed by atoms with E-state index in [1.165, 1.54) is 18.2 Å². The molecule has 142 valence electrons. The van der Waals surface area contributed by atoms with Crippen molar-refractivity contribution < 1.29 is 23.1 Å². The third kappa shape index (κ3) is 4.34. The van der Waals surface area contributed by atoms with E-state index in [1.54, 1.807) is 0 Å². The minimum absolute atomic E-state index is 0.0161. The molecule has 1 amide bonds. The van der Waals surface area contributed by atoms with Gasteiger partial charge in [-0.1, -0.05) is 6.07 Å². The van der Waals surface area contributed by atoms with E-state index in [0.29, 0.717) is 6.54 Å². The quantitative estimate of drug-likeness (QED) is 0.705. The monoisotopic (exact) mass is 370 g/mol. The second-order valence-electron chi connectivity index (χ2n) is 6.47. The van der Waals surface area contributed by atoms with Crippen LogP contribution in [0.1, 0.15) is 35.4 Å². The lowest BCUT2D eigenvalue weighted by molar-refractivity contribution is -0.144. The summed E-state index contributed by atoms with van der Waals surface area (Å²) in [4.78, 5) is 20.3. The van der Waals surface area contributed by atoms with E-state index in [-0.39, 0.29) is 22.7 Å². The lowest BCUT2D eigenvalue weighted by Gasteiger charge is -2.29. The summed E-state index contributed by atoms with van der Waals surface area (Å²) in [5, 5.41) is 12.2. The van der Waals surface area contributed by atoms with Crippen LogP contribution in [0.25, 0.3) is 11.0 Å². The molecule has 0 bridgehead atoms. The highest BCUT2D eigenvalue weighted by molar-refractivity contribution is 6.04. The van der Waals surface area contributed by atoms with E-state index in [9.17, 15) is 23.1 Å². The number of likely N-dealkylation sites (tertiary alicyclic amines) is 1. The van der Waals surface area contributed by atoms with Gasteiger partial charge in [0, 0.05) is 19.6 Å². The summed E-state index contributed by atoms with van der Waals surface area (Å²) in [7, 11) is 0. The number of aromatic nitrogens is 2. The predicted octanol–water partition coefficient (Wildman–Crippen LogP) is 2.16. The first-order valence-corrected chi connectivity index (χ1v) is 8.59. The third-order valence-electron chi connectivity index (χ3n) is 4.52. The zero-order chi connectivity index (χ0) is 18.7. The Morgan fingerprint density at radius 3 is 2.77 bits per heavy atom. The molecule has 9 heteroatoms. The molecule has 6 nitrogen and oxygen atoms in total. The van der Waals surface area contributed by atoms with E-state index in [0.717, 1.165) is 38.9 Å². The van der Waals surface area contributed by atoms with Gasteiger partial charge in [-0.05, 0) is 37.9 Å². The molecule has 3 N–H and O–H groups in total. The molecule has 1 aromatic heterocycles. The Hall–Kier alpha value is -2.13. The number of rotatable bonds is 5. The van der Waals surface area contributed by atoms with E-state index >= 15 is 0 Å². The fraction of sp³-hybridized carbons (Fsp3) is 0.529. The average molecular weight is 370 g/mol. The Morgan fingerprint density at radius 2 is 2.08 bits per heavy atom. The number of nitrogens with one attached hydrogen (secondary N) is 2. The number of aliphatic hydroxyl groups excluding tert-OH is 1. The summed E-state index contributed by atoms with van der Waals surface area (Å²) >= 11 is 0. The molecule has 0 spiro atoms. The highest BCUT2D eigenvalue weighted by Crippen LogP contribution is 2.29. The van der Waals surface area contributed by atoms with Gasteiger partial charge in [0.05, 0.1) is 17.2 Å². The van der Waals surface area contributed by atoms with Gasteiger partial charge in [-0.25, -0.2) is 4.98 Å². The number of para-hydroxylation sites is 1. The number of carbonyl (C=O) groups is 1. The van der Waals surface area contributed by atoms with Crippen molar-refractivity contribution in [1.82, 2.24) is 20.2 Å². The van der Waals surface area contributed by atoms with Crippen LogP contribution in [0.15, 0.2) is 18.2 Å². The number of carbonyl (C=O) groups excluding carboxylic acids is 1. The lowest BCUT2D eigenvalue weighted by Crippen LogP contribution is -2.37. The Kier molecular flexibility index (Phi) is 5.47. The molecule has 3 rings (SSSR count). The summed E-state index contributed by atoms with van der Waals surface area (Å²) in [6, 6.07) is 4.44. The zero-order valence-corrected chi connectivity index (χ0v) is 14.1. The molecule has 0 unspecified atom stereocenters. The van der Waals surface area contributed by atoms with E-state index in [1.807, 2.05) is 0 Å². The lowest BCUT2D eigenvalue weighted by atomic mass is 10.1. The van der Waals surface area contributed by atoms with Crippen molar-refractivity contribution in [3.05, 3.63) is 29.6 Å². The Labute approximate surface area is 148 Å². The minimum Gasteiger partial charge on any atom is -0.393 e. The van der Waals surface area contributed by atoms with Gasteiger partial charge in [0.2, 0.25) is 5.82 Å². The van der Waals surface area contributed by atoms with E-state index in [2.05, 4.69) is 20.2 Å². The van der Waals surface area contributed by atoms with Crippen molar-refractivity contribution in [2.75, 3.05) is 26.2 Å². The number of H-pyrrole nitrogens is 1. The normalized spacial score (nSPS) is 16.9. The van der Waals surface area contributed by atoms with Crippen molar-refractivity contribution in [2.45, 2.75) is 31.5 Å². The van der Waals surface area contributed by atoms with Gasteiger partial charge in [0.1, 0.15) is 5.52 Å². The standard InChI is InChI=1S/C17H21F3N4O2/c18-17(19,20)16-22-13-4-1-3-12(14(13)23-16)15(26)21-7-2-8-24-9-5-11(25)6-10-24/h1,3-4,11,25H,2,5-10H2,(H,21,26)(H,22,23). The van der Waals surface area contributed by atoms with Gasteiger partial charge >= 0.3 is 6.18 Å². The van der Waals surface area contributed by atoms with Crippen LogP contribution in [0.4, 0.5) is 13.2 Å². The molecule has 2 heterocycles. The SMILES string of the molecule is O=C(NCCCN1CCC(O)CC1)c1cccc2[nH]c(C(F)(F)F)nc12. The number of benzene rings is 1. The van der Waals surface area contributed by atoms with Crippen LogP contribution < -0.4 is 5.32 Å². The molecule has 0 saturated carbocycles. The second kappa shape index (κ2) is 7.63. The van der Waals surface area contributed by atoms with Gasteiger partial charge < -0.3 is 20.3 Å². The van der Waals surface area contributed by atoms with Crippen LogP contribution in [-0.2, 0) is 6.18 Å². The van der Waals surface area contributed by atoms with Crippen molar-refractivity contribution in [3.8, 4) is 0 Å². The van der Waals surface area contributed by atoms with Crippen LogP contribution >= 0.6 is 0 Å². The minimum atomic E-state index is -4.59. The fourth-order valence-corrected chi connectivity index (χ4v) is 3.09. The molecule has 26 heavy (non-hydrogen) atoms. The summed E-state index contributed by atoms with van der Waals surface area (Å²) < 4.78 is 38.4. The number of halogens is 3. The average Bonchev–Trinajstić information content (AvgIpc) is 3.04. The number of alkyl halides is 3. The maximum Gasteiger partial charge on any atom is 0.449 e. The fourth-order valence-electron chi connectivity index (χ4n) is 3.09. The Morgan fingerprint density at radius 1 is 1.35 bits per heavy atom. The molecule has 2 aromatic rings. The number of hydrogen-bond donors (Lipinski definition) is 3. The summed E-state index contributed by atoms with van der Waals surface area (Å²) in [5.41, 5.74) is 0.314. The van der Waals surface area contributed by atoms with Crippen molar-refractivity contribution in [1.29, 1.82) is 0 Å². The number of imidazole rings is 1. The third-order valence-corrected chi connectivity index (χ3v) is 4.52. The molecule has 1 saturated heterocycles. The number of fused-ring (bicyclic) bond motifs is 1. The van der Waals surface area contributed by atoms with E-state index in [4.69, 9.17) is 0 Å². The Bertz CT molecular complexity index is 767. The largest absolute Gasteiger partial charge is 0.449 e. The highest BCUT2D eigenvalue weighted by Gasteiger charge is 2.35. The van der Waals surface area contributed by atoms with Crippen LogP contribution in [-0.4, -0.2) is 58.2 Å². The molecule has 1 aromatic carbocycles. The summed E-state index contributed by atoms with van der Waals surface area (Å²) in [6.07, 6.45) is -2.56.